The molecule has 1 aliphatic rings. The molecule has 1 saturated carbocycles. The maximum atomic E-state index is 13.6. The number of methoxy groups -OCH3 is 1. The van der Waals surface area contributed by atoms with E-state index in [9.17, 15) is 13.2 Å². The zero-order valence-electron chi connectivity index (χ0n) is 11.8. The smallest absolute Gasteiger partial charge is 0.387 e. The molecule has 0 radical (unpaired) electrons. The van der Waals surface area contributed by atoms with Crippen LogP contribution < -0.4 is 10.1 Å². The Morgan fingerprint density at radius 3 is 2.71 bits per heavy atom. The van der Waals surface area contributed by atoms with Crippen molar-refractivity contribution < 1.29 is 27.4 Å². The van der Waals surface area contributed by atoms with Crippen LogP contribution in [-0.4, -0.2) is 38.6 Å². The first kappa shape index (κ1) is 15.9. The highest BCUT2D eigenvalue weighted by Gasteiger charge is 2.42. The first-order valence-electron chi connectivity index (χ1n) is 6.70. The lowest BCUT2D eigenvalue weighted by Crippen LogP contribution is -2.56. The molecule has 118 valence electrons. The van der Waals surface area contributed by atoms with Crippen molar-refractivity contribution in [2.75, 3.05) is 19.0 Å². The molecule has 0 saturated heterocycles. The lowest BCUT2D eigenvalue weighted by atomic mass is 9.85. The second-order valence-corrected chi connectivity index (χ2v) is 4.70. The van der Waals surface area contributed by atoms with Crippen molar-refractivity contribution >= 4 is 5.69 Å². The van der Waals surface area contributed by atoms with Gasteiger partial charge in [-0.05, 0) is 25.5 Å². The quantitative estimate of drug-likeness (QED) is 0.840. The first-order chi connectivity index (χ1) is 10.0. The molecule has 7 heteroatoms. The molecule has 1 fully saturated rings. The molecule has 21 heavy (non-hydrogen) atoms. The third-order valence-corrected chi connectivity index (χ3v) is 3.40. The summed E-state index contributed by atoms with van der Waals surface area (Å²) in [6.45, 7) is -0.536. The summed E-state index contributed by atoms with van der Waals surface area (Å²) < 4.78 is 52.6. The molecule has 1 aromatic rings. The van der Waals surface area contributed by atoms with Crippen LogP contribution in [0.4, 0.5) is 18.9 Å². The van der Waals surface area contributed by atoms with Gasteiger partial charge in [-0.2, -0.15) is 8.78 Å². The highest BCUT2D eigenvalue weighted by Crippen LogP contribution is 2.31. The lowest BCUT2D eigenvalue weighted by Gasteiger charge is -2.43. The van der Waals surface area contributed by atoms with Gasteiger partial charge in [0.15, 0.2) is 11.6 Å². The fraction of sp³-hybridized carbons (Fsp3) is 0.571. The van der Waals surface area contributed by atoms with Gasteiger partial charge >= 0.3 is 6.61 Å². The predicted molar refractivity (Wildman–Crippen MR) is 71.3 cm³/mol. The standard InChI is InChI=1S/C14H18F3NO3/c1-3-20-12-7-10(13(12)19-2)18-8-4-5-11(9(15)6-8)21-14(16)17/h4-6,10,12-14,18H,3,7H2,1-2H3. The first-order valence-corrected chi connectivity index (χ1v) is 6.70. The van der Waals surface area contributed by atoms with Gasteiger partial charge in [0.2, 0.25) is 0 Å². The average Bonchev–Trinajstić information content (AvgIpc) is 2.40. The number of anilines is 1. The van der Waals surface area contributed by atoms with Crippen molar-refractivity contribution in [2.24, 2.45) is 0 Å². The second kappa shape index (κ2) is 7.00. The van der Waals surface area contributed by atoms with Crippen LogP contribution in [0.15, 0.2) is 18.2 Å². The van der Waals surface area contributed by atoms with Crippen LogP contribution in [-0.2, 0) is 9.47 Å². The fourth-order valence-electron chi connectivity index (χ4n) is 2.41. The summed E-state index contributed by atoms with van der Waals surface area (Å²) in [6, 6.07) is 3.78. The third-order valence-electron chi connectivity index (χ3n) is 3.40. The summed E-state index contributed by atoms with van der Waals surface area (Å²) in [6.07, 6.45) is 0.636. The summed E-state index contributed by atoms with van der Waals surface area (Å²) in [5, 5.41) is 3.10. The Kier molecular flexibility index (Phi) is 5.30. The van der Waals surface area contributed by atoms with E-state index in [-0.39, 0.29) is 18.2 Å². The van der Waals surface area contributed by atoms with Crippen molar-refractivity contribution in [1.82, 2.24) is 0 Å². The van der Waals surface area contributed by atoms with Crippen molar-refractivity contribution in [2.45, 2.75) is 38.2 Å². The molecule has 1 aromatic carbocycles. The predicted octanol–water partition coefficient (Wildman–Crippen LogP) is 3.03. The third kappa shape index (κ3) is 3.79. The van der Waals surface area contributed by atoms with E-state index in [4.69, 9.17) is 9.47 Å². The second-order valence-electron chi connectivity index (χ2n) is 4.70. The van der Waals surface area contributed by atoms with Gasteiger partial charge in [0.05, 0.1) is 12.1 Å². The van der Waals surface area contributed by atoms with Gasteiger partial charge in [0.25, 0.3) is 0 Å². The van der Waals surface area contributed by atoms with Crippen molar-refractivity contribution in [3.8, 4) is 5.75 Å². The van der Waals surface area contributed by atoms with Crippen LogP contribution in [0.25, 0.3) is 0 Å². The Morgan fingerprint density at radius 2 is 2.14 bits per heavy atom. The Morgan fingerprint density at radius 1 is 1.38 bits per heavy atom. The molecule has 3 atom stereocenters. The molecule has 0 bridgehead atoms. The molecule has 2 rings (SSSR count). The Hall–Kier alpha value is -1.47. The number of hydrogen-bond donors (Lipinski definition) is 1. The van der Waals surface area contributed by atoms with E-state index in [1.165, 1.54) is 12.1 Å². The van der Waals surface area contributed by atoms with Crippen LogP contribution in [0.2, 0.25) is 0 Å². The van der Waals surface area contributed by atoms with Crippen LogP contribution in [0.1, 0.15) is 13.3 Å². The normalized spacial score (nSPS) is 24.8. The van der Waals surface area contributed by atoms with Crippen molar-refractivity contribution in [1.29, 1.82) is 0 Å². The number of rotatable bonds is 7. The summed E-state index contributed by atoms with van der Waals surface area (Å²) >= 11 is 0. The Labute approximate surface area is 121 Å². The molecular weight excluding hydrogens is 287 g/mol. The Bertz CT molecular complexity index is 473. The minimum Gasteiger partial charge on any atom is -0.432 e. The molecule has 1 aliphatic carbocycles. The molecule has 0 aliphatic heterocycles. The number of nitrogens with one attached hydrogen (secondary N) is 1. The van der Waals surface area contributed by atoms with Gasteiger partial charge in [-0.25, -0.2) is 4.39 Å². The van der Waals surface area contributed by atoms with Gasteiger partial charge in [-0.1, -0.05) is 0 Å². The van der Waals surface area contributed by atoms with Gasteiger partial charge in [-0.3, -0.25) is 0 Å². The maximum absolute atomic E-state index is 13.6. The topological polar surface area (TPSA) is 39.7 Å². The highest BCUT2D eigenvalue weighted by atomic mass is 19.3. The molecule has 4 nitrogen and oxygen atoms in total. The summed E-state index contributed by atoms with van der Waals surface area (Å²) in [4.78, 5) is 0. The lowest BCUT2D eigenvalue weighted by molar-refractivity contribution is -0.118. The number of benzene rings is 1. The van der Waals surface area contributed by atoms with Crippen LogP contribution >= 0.6 is 0 Å². The molecule has 0 heterocycles. The van der Waals surface area contributed by atoms with E-state index in [0.717, 1.165) is 12.5 Å². The van der Waals surface area contributed by atoms with Gasteiger partial charge in [0.1, 0.15) is 6.10 Å². The molecule has 1 N–H and O–H groups in total. The van der Waals surface area contributed by atoms with Gasteiger partial charge in [0, 0.05) is 25.5 Å². The SMILES string of the molecule is CCOC1CC(Nc2ccc(OC(F)F)c(F)c2)C1OC. The maximum Gasteiger partial charge on any atom is 0.387 e. The summed E-state index contributed by atoms with van der Waals surface area (Å²) in [7, 11) is 1.59. The van der Waals surface area contributed by atoms with E-state index in [0.29, 0.717) is 12.3 Å². The van der Waals surface area contributed by atoms with Gasteiger partial charge in [-0.15, -0.1) is 0 Å². The van der Waals surface area contributed by atoms with Crippen molar-refractivity contribution in [3.63, 3.8) is 0 Å². The zero-order valence-corrected chi connectivity index (χ0v) is 11.8. The van der Waals surface area contributed by atoms with Crippen LogP contribution in [0.5, 0.6) is 5.75 Å². The molecule has 0 spiro atoms. The summed E-state index contributed by atoms with van der Waals surface area (Å²) in [5.41, 5.74) is 0.483. The molecule has 0 aromatic heterocycles. The summed E-state index contributed by atoms with van der Waals surface area (Å²) in [5.74, 6) is -1.31. The molecule has 0 amide bonds. The number of ether oxygens (including phenoxy) is 3. The minimum absolute atomic E-state index is 0.00665. The van der Waals surface area contributed by atoms with Crippen LogP contribution in [0, 0.1) is 5.82 Å². The molecule has 3 unspecified atom stereocenters. The monoisotopic (exact) mass is 305 g/mol. The van der Waals surface area contributed by atoms with Crippen molar-refractivity contribution in [3.05, 3.63) is 24.0 Å². The highest BCUT2D eigenvalue weighted by molar-refractivity contribution is 5.48. The van der Waals surface area contributed by atoms with E-state index in [1.54, 1.807) is 7.11 Å². The van der Waals surface area contributed by atoms with E-state index < -0.39 is 18.2 Å². The van der Waals surface area contributed by atoms with E-state index >= 15 is 0 Å². The van der Waals surface area contributed by atoms with Crippen LogP contribution in [0.3, 0.4) is 0 Å². The average molecular weight is 305 g/mol. The zero-order chi connectivity index (χ0) is 15.4. The number of alkyl halides is 2. The minimum atomic E-state index is -3.05. The van der Waals surface area contributed by atoms with E-state index in [2.05, 4.69) is 10.1 Å². The van der Waals surface area contributed by atoms with Gasteiger partial charge < -0.3 is 19.5 Å². The number of halogens is 3. The molecular formula is C14H18F3NO3. The largest absolute Gasteiger partial charge is 0.432 e. The fourth-order valence-corrected chi connectivity index (χ4v) is 2.41. The number of hydrogen-bond acceptors (Lipinski definition) is 4. The Balaban J connectivity index is 1.96. The van der Waals surface area contributed by atoms with E-state index in [1.807, 2.05) is 6.92 Å².